The molecule has 0 bridgehead atoms. The summed E-state index contributed by atoms with van der Waals surface area (Å²) < 4.78 is 5.09. The Morgan fingerprint density at radius 3 is 2.55 bits per heavy atom. The Labute approximate surface area is 117 Å². The number of aromatic nitrogens is 1. The van der Waals surface area contributed by atoms with Crippen molar-refractivity contribution in [3.05, 3.63) is 66.0 Å². The minimum atomic E-state index is -0.565. The predicted octanol–water partition coefficient (Wildman–Crippen LogP) is 2.04. The largest absolute Gasteiger partial charge is 0.445 e. The molecular weight excluding hydrogens is 256 g/mol. The van der Waals surface area contributed by atoms with Gasteiger partial charge in [0.05, 0.1) is 12.6 Å². The zero-order valence-electron chi connectivity index (χ0n) is 10.9. The number of hydrogen-bond donors (Lipinski definition) is 2. The number of rotatable bonds is 5. The van der Waals surface area contributed by atoms with Crippen LogP contribution in [0.5, 0.6) is 0 Å². The number of alkyl carbamates (subject to hydrolysis) is 1. The van der Waals surface area contributed by atoms with Crippen molar-refractivity contribution < 1.29 is 14.6 Å². The normalized spacial score (nSPS) is 11.7. The van der Waals surface area contributed by atoms with E-state index in [9.17, 15) is 9.90 Å². The first-order valence-corrected chi connectivity index (χ1v) is 6.27. The number of nitrogens with one attached hydrogen (secondary N) is 1. The highest BCUT2D eigenvalue weighted by molar-refractivity contribution is 5.68. The summed E-state index contributed by atoms with van der Waals surface area (Å²) in [5.74, 6) is 0. The van der Waals surface area contributed by atoms with Crippen molar-refractivity contribution in [2.45, 2.75) is 12.6 Å². The Morgan fingerprint density at radius 2 is 1.90 bits per heavy atom. The lowest BCUT2D eigenvalue weighted by Gasteiger charge is -2.16. The summed E-state index contributed by atoms with van der Waals surface area (Å²) in [6.45, 7) is -0.0182. The number of hydrogen-bond acceptors (Lipinski definition) is 4. The third kappa shape index (κ3) is 4.07. The van der Waals surface area contributed by atoms with Gasteiger partial charge in [-0.05, 0) is 23.3 Å². The fourth-order valence-corrected chi connectivity index (χ4v) is 1.73. The molecule has 1 aromatic carbocycles. The van der Waals surface area contributed by atoms with Crippen molar-refractivity contribution in [1.29, 1.82) is 0 Å². The minimum absolute atomic E-state index is 0.168. The van der Waals surface area contributed by atoms with E-state index in [1.165, 1.54) is 0 Å². The molecule has 0 spiro atoms. The molecule has 5 heteroatoms. The van der Waals surface area contributed by atoms with Gasteiger partial charge in [0, 0.05) is 12.4 Å². The molecule has 2 N–H and O–H groups in total. The third-order valence-corrected chi connectivity index (χ3v) is 2.80. The zero-order valence-corrected chi connectivity index (χ0v) is 10.9. The van der Waals surface area contributed by atoms with Crippen LogP contribution in [0.3, 0.4) is 0 Å². The van der Waals surface area contributed by atoms with Gasteiger partial charge < -0.3 is 15.2 Å². The van der Waals surface area contributed by atoms with Crippen LogP contribution in [0.4, 0.5) is 4.79 Å². The molecule has 2 rings (SSSR count). The van der Waals surface area contributed by atoms with Crippen molar-refractivity contribution >= 4 is 6.09 Å². The Balaban J connectivity index is 1.87. The number of ether oxygens (including phenoxy) is 1. The van der Waals surface area contributed by atoms with Crippen molar-refractivity contribution in [3.8, 4) is 0 Å². The molecular formula is C15H16N2O3. The molecule has 0 aliphatic heterocycles. The molecule has 0 saturated carbocycles. The monoisotopic (exact) mass is 272 g/mol. The highest BCUT2D eigenvalue weighted by Gasteiger charge is 2.13. The van der Waals surface area contributed by atoms with Crippen LogP contribution < -0.4 is 5.32 Å². The van der Waals surface area contributed by atoms with Crippen LogP contribution in [0.15, 0.2) is 54.9 Å². The fraction of sp³-hybridized carbons (Fsp3) is 0.200. The standard InChI is InChI=1S/C15H16N2O3/c18-10-14(13-4-2-1-3-5-13)17-15(19)20-11-12-6-8-16-9-7-12/h1-9,14,18H,10-11H2,(H,17,19)/t14-/m0/s1. The van der Waals surface area contributed by atoms with Gasteiger partial charge in [-0.3, -0.25) is 4.98 Å². The minimum Gasteiger partial charge on any atom is -0.445 e. The Kier molecular flexibility index (Phi) is 5.08. The molecule has 1 aromatic heterocycles. The average Bonchev–Trinajstić information content (AvgIpc) is 2.52. The number of amides is 1. The first kappa shape index (κ1) is 14.0. The van der Waals surface area contributed by atoms with Gasteiger partial charge in [-0.2, -0.15) is 0 Å². The molecule has 2 aromatic rings. The first-order valence-electron chi connectivity index (χ1n) is 6.27. The van der Waals surface area contributed by atoms with E-state index in [2.05, 4.69) is 10.3 Å². The van der Waals surface area contributed by atoms with Crippen LogP contribution in [-0.4, -0.2) is 22.8 Å². The Morgan fingerprint density at radius 1 is 1.20 bits per heavy atom. The summed E-state index contributed by atoms with van der Waals surface area (Å²) in [6, 6.07) is 12.3. The summed E-state index contributed by atoms with van der Waals surface area (Å²) in [6.07, 6.45) is 2.71. The molecule has 0 aliphatic rings. The topological polar surface area (TPSA) is 71.5 Å². The SMILES string of the molecule is O=C(N[C@@H](CO)c1ccccc1)OCc1ccncc1. The number of carbonyl (C=O) groups is 1. The Hall–Kier alpha value is -2.40. The molecule has 0 aliphatic carbocycles. The molecule has 104 valence electrons. The molecule has 1 amide bonds. The second-order valence-electron chi connectivity index (χ2n) is 4.22. The van der Waals surface area contributed by atoms with Gasteiger partial charge in [0.2, 0.25) is 0 Å². The van der Waals surface area contributed by atoms with E-state index < -0.39 is 12.1 Å². The van der Waals surface area contributed by atoms with E-state index in [-0.39, 0.29) is 13.2 Å². The number of aliphatic hydroxyl groups excluding tert-OH is 1. The van der Waals surface area contributed by atoms with Gasteiger partial charge in [0.1, 0.15) is 6.61 Å². The van der Waals surface area contributed by atoms with Gasteiger partial charge in [0.15, 0.2) is 0 Å². The fourth-order valence-electron chi connectivity index (χ4n) is 1.73. The summed E-state index contributed by atoms with van der Waals surface area (Å²) in [4.78, 5) is 15.6. The molecule has 0 unspecified atom stereocenters. The van der Waals surface area contributed by atoms with Gasteiger partial charge in [0.25, 0.3) is 0 Å². The number of aliphatic hydroxyl groups is 1. The van der Waals surface area contributed by atoms with Crippen molar-refractivity contribution in [3.63, 3.8) is 0 Å². The maximum atomic E-state index is 11.7. The maximum Gasteiger partial charge on any atom is 0.408 e. The molecule has 5 nitrogen and oxygen atoms in total. The second-order valence-corrected chi connectivity index (χ2v) is 4.22. The molecule has 1 atom stereocenters. The number of carbonyl (C=O) groups excluding carboxylic acids is 1. The number of pyridine rings is 1. The van der Waals surface area contributed by atoms with E-state index in [0.29, 0.717) is 0 Å². The summed E-state index contributed by atoms with van der Waals surface area (Å²) >= 11 is 0. The van der Waals surface area contributed by atoms with E-state index in [1.54, 1.807) is 24.5 Å². The van der Waals surface area contributed by atoms with Crippen LogP contribution in [-0.2, 0) is 11.3 Å². The zero-order chi connectivity index (χ0) is 14.2. The van der Waals surface area contributed by atoms with Crippen molar-refractivity contribution in [2.24, 2.45) is 0 Å². The second kappa shape index (κ2) is 7.25. The molecule has 0 fully saturated rings. The highest BCUT2D eigenvalue weighted by atomic mass is 16.5. The first-order chi connectivity index (χ1) is 9.79. The summed E-state index contributed by atoms with van der Waals surface area (Å²) in [5.41, 5.74) is 1.69. The van der Waals surface area contributed by atoms with E-state index in [1.807, 2.05) is 30.3 Å². The molecule has 0 saturated heterocycles. The molecule has 20 heavy (non-hydrogen) atoms. The third-order valence-electron chi connectivity index (χ3n) is 2.80. The lowest BCUT2D eigenvalue weighted by molar-refractivity contribution is 0.129. The number of nitrogens with zero attached hydrogens (tertiary/aromatic N) is 1. The smallest absolute Gasteiger partial charge is 0.408 e. The lowest BCUT2D eigenvalue weighted by Crippen LogP contribution is -2.31. The maximum absolute atomic E-state index is 11.7. The van der Waals surface area contributed by atoms with Gasteiger partial charge in [-0.1, -0.05) is 30.3 Å². The lowest BCUT2D eigenvalue weighted by atomic mass is 10.1. The quantitative estimate of drug-likeness (QED) is 0.873. The van der Waals surface area contributed by atoms with E-state index in [4.69, 9.17) is 4.74 Å². The van der Waals surface area contributed by atoms with E-state index in [0.717, 1.165) is 11.1 Å². The van der Waals surface area contributed by atoms with Gasteiger partial charge in [-0.15, -0.1) is 0 Å². The van der Waals surface area contributed by atoms with Crippen LogP contribution in [0.25, 0.3) is 0 Å². The predicted molar refractivity (Wildman–Crippen MR) is 73.8 cm³/mol. The van der Waals surface area contributed by atoms with Gasteiger partial charge >= 0.3 is 6.09 Å². The Bertz CT molecular complexity index is 531. The molecule has 1 heterocycles. The van der Waals surface area contributed by atoms with Crippen LogP contribution in [0.2, 0.25) is 0 Å². The number of benzene rings is 1. The molecule has 0 radical (unpaired) electrons. The van der Waals surface area contributed by atoms with E-state index >= 15 is 0 Å². The average molecular weight is 272 g/mol. The van der Waals surface area contributed by atoms with Crippen molar-refractivity contribution in [2.75, 3.05) is 6.61 Å². The van der Waals surface area contributed by atoms with Crippen LogP contribution in [0, 0.1) is 0 Å². The summed E-state index contributed by atoms with van der Waals surface area (Å²) in [5, 5.41) is 12.0. The van der Waals surface area contributed by atoms with Crippen LogP contribution >= 0.6 is 0 Å². The summed E-state index contributed by atoms with van der Waals surface area (Å²) in [7, 11) is 0. The van der Waals surface area contributed by atoms with Crippen molar-refractivity contribution in [1.82, 2.24) is 10.3 Å². The highest BCUT2D eigenvalue weighted by Crippen LogP contribution is 2.11. The van der Waals surface area contributed by atoms with Gasteiger partial charge in [-0.25, -0.2) is 4.79 Å². The van der Waals surface area contributed by atoms with Crippen LogP contribution in [0.1, 0.15) is 17.2 Å².